The zero-order valence-corrected chi connectivity index (χ0v) is 8.44. The highest BCUT2D eigenvalue weighted by Crippen LogP contribution is 2.05. The summed E-state index contributed by atoms with van der Waals surface area (Å²) in [6.07, 6.45) is 1.77. The van der Waals surface area contributed by atoms with Gasteiger partial charge in [0.1, 0.15) is 0 Å². The smallest absolute Gasteiger partial charge is 0.232 e. The van der Waals surface area contributed by atoms with Crippen molar-refractivity contribution in [2.45, 2.75) is 13.8 Å². The number of nitrogens with zero attached hydrogens (tertiary/aromatic N) is 2. The summed E-state index contributed by atoms with van der Waals surface area (Å²) in [5, 5.41) is 0.426. The highest BCUT2D eigenvalue weighted by atomic mass is 32.2. The van der Waals surface area contributed by atoms with Crippen LogP contribution in [-0.2, 0) is 9.59 Å². The summed E-state index contributed by atoms with van der Waals surface area (Å²) in [6.45, 7) is 2.67. The van der Waals surface area contributed by atoms with E-state index in [2.05, 4.69) is 4.99 Å². The van der Waals surface area contributed by atoms with Crippen molar-refractivity contribution in [2.24, 2.45) is 4.99 Å². The maximum atomic E-state index is 11.0. The molecule has 0 rings (SSSR count). The molecule has 0 saturated heterocycles. The van der Waals surface area contributed by atoms with Gasteiger partial charge in [-0.25, -0.2) is 4.90 Å². The first-order valence-electron chi connectivity index (χ1n) is 3.36. The average Bonchev–Trinajstić information content (AvgIpc) is 1.98. The van der Waals surface area contributed by atoms with Crippen LogP contribution in [0.4, 0.5) is 0 Å². The highest BCUT2D eigenvalue weighted by Gasteiger charge is 2.18. The van der Waals surface area contributed by atoms with Gasteiger partial charge in [-0.05, 0) is 6.26 Å². The minimum Gasteiger partial charge on any atom is -0.274 e. The van der Waals surface area contributed by atoms with Gasteiger partial charge in [-0.3, -0.25) is 14.6 Å². The van der Waals surface area contributed by atoms with Crippen molar-refractivity contribution in [3.63, 3.8) is 0 Å². The summed E-state index contributed by atoms with van der Waals surface area (Å²) < 4.78 is 0. The Hall–Kier alpha value is -0.840. The van der Waals surface area contributed by atoms with Crippen molar-refractivity contribution >= 4 is 28.7 Å². The van der Waals surface area contributed by atoms with Crippen molar-refractivity contribution in [1.29, 1.82) is 0 Å². The lowest BCUT2D eigenvalue weighted by atomic mass is 10.5. The average molecular weight is 188 g/mol. The van der Waals surface area contributed by atoms with Crippen LogP contribution in [-0.4, -0.2) is 35.2 Å². The predicted octanol–water partition coefficient (Wildman–Crippen LogP) is 0.730. The Labute approximate surface area is 76.0 Å². The summed E-state index contributed by atoms with van der Waals surface area (Å²) in [7, 11) is 1.55. The molecule has 0 saturated carbocycles. The van der Waals surface area contributed by atoms with E-state index < -0.39 is 0 Å². The second-order valence-electron chi connectivity index (χ2n) is 2.08. The van der Waals surface area contributed by atoms with Crippen LogP contribution in [0.1, 0.15) is 13.8 Å². The van der Waals surface area contributed by atoms with Gasteiger partial charge in [-0.1, -0.05) is 11.8 Å². The molecule has 0 aliphatic rings. The number of carbonyl (C=O) groups is 2. The van der Waals surface area contributed by atoms with Crippen molar-refractivity contribution in [1.82, 2.24) is 4.90 Å². The number of rotatable bonds is 0. The number of amides is 2. The zero-order valence-electron chi connectivity index (χ0n) is 7.62. The fourth-order valence-corrected chi connectivity index (χ4v) is 1.40. The molecule has 0 N–H and O–H groups in total. The molecule has 0 unspecified atom stereocenters. The van der Waals surface area contributed by atoms with Crippen molar-refractivity contribution in [3.8, 4) is 0 Å². The number of hydrogen-bond acceptors (Lipinski definition) is 4. The Kier molecular flexibility index (Phi) is 4.58. The molecule has 0 aromatic rings. The van der Waals surface area contributed by atoms with Crippen molar-refractivity contribution < 1.29 is 9.59 Å². The van der Waals surface area contributed by atoms with Crippen LogP contribution in [0.15, 0.2) is 4.99 Å². The van der Waals surface area contributed by atoms with Crippen LogP contribution in [0.25, 0.3) is 0 Å². The number of carbonyl (C=O) groups excluding carboxylic acids is 2. The Morgan fingerprint density at radius 2 is 1.67 bits per heavy atom. The minimum atomic E-state index is -0.308. The monoisotopic (exact) mass is 188 g/mol. The lowest BCUT2D eigenvalue weighted by Gasteiger charge is -2.16. The third kappa shape index (κ3) is 2.65. The molecule has 0 aromatic carbocycles. The van der Waals surface area contributed by atoms with Gasteiger partial charge in [0, 0.05) is 20.9 Å². The molecule has 0 bridgehead atoms. The molecule has 68 valence electrons. The maximum Gasteiger partial charge on any atom is 0.232 e. The molecular weight excluding hydrogens is 176 g/mol. The molecule has 0 radical (unpaired) electrons. The summed E-state index contributed by atoms with van der Waals surface area (Å²) in [6, 6.07) is 0. The van der Waals surface area contributed by atoms with Crippen molar-refractivity contribution in [2.75, 3.05) is 13.3 Å². The topological polar surface area (TPSA) is 49.7 Å². The van der Waals surface area contributed by atoms with Gasteiger partial charge < -0.3 is 0 Å². The lowest BCUT2D eigenvalue weighted by molar-refractivity contribution is -0.136. The second-order valence-corrected chi connectivity index (χ2v) is 2.86. The Morgan fingerprint density at radius 1 is 1.25 bits per heavy atom. The van der Waals surface area contributed by atoms with Crippen LogP contribution >= 0.6 is 11.8 Å². The normalized spacial score (nSPS) is 11.2. The summed E-state index contributed by atoms with van der Waals surface area (Å²) >= 11 is 1.27. The number of hydrogen-bond donors (Lipinski definition) is 0. The minimum absolute atomic E-state index is 0.308. The molecule has 5 heteroatoms. The molecule has 0 aliphatic heterocycles. The maximum absolute atomic E-state index is 11.0. The van der Waals surface area contributed by atoms with Gasteiger partial charge >= 0.3 is 0 Å². The fraction of sp³-hybridized carbons (Fsp3) is 0.571. The van der Waals surface area contributed by atoms with E-state index in [-0.39, 0.29) is 11.8 Å². The van der Waals surface area contributed by atoms with E-state index in [1.165, 1.54) is 25.6 Å². The number of aliphatic imine (C=N–C) groups is 1. The lowest BCUT2D eigenvalue weighted by Crippen LogP contribution is -2.37. The molecule has 0 aromatic heterocycles. The van der Waals surface area contributed by atoms with E-state index in [0.717, 1.165) is 4.90 Å². The van der Waals surface area contributed by atoms with Crippen LogP contribution in [0.5, 0.6) is 0 Å². The summed E-state index contributed by atoms with van der Waals surface area (Å²) in [5.74, 6) is -0.616. The van der Waals surface area contributed by atoms with Gasteiger partial charge in [-0.15, -0.1) is 0 Å². The Balaban J connectivity index is 4.73. The quantitative estimate of drug-likeness (QED) is 0.416. The van der Waals surface area contributed by atoms with E-state index in [1.54, 1.807) is 13.3 Å². The summed E-state index contributed by atoms with van der Waals surface area (Å²) in [4.78, 5) is 26.8. The van der Waals surface area contributed by atoms with Gasteiger partial charge in [0.25, 0.3) is 0 Å². The number of imide groups is 1. The van der Waals surface area contributed by atoms with Gasteiger partial charge in [-0.2, -0.15) is 0 Å². The zero-order chi connectivity index (χ0) is 9.72. The van der Waals surface area contributed by atoms with Crippen molar-refractivity contribution in [3.05, 3.63) is 0 Å². The van der Waals surface area contributed by atoms with Crippen LogP contribution in [0.3, 0.4) is 0 Å². The van der Waals surface area contributed by atoms with Gasteiger partial charge in [0.15, 0.2) is 5.17 Å². The van der Waals surface area contributed by atoms with E-state index in [0.29, 0.717) is 5.17 Å². The standard InChI is InChI=1S/C7H12N2O2S/c1-5(10)9(6(2)11)7(8-3)12-4/h1-4H3/b8-7-. The molecule has 2 amide bonds. The fourth-order valence-electron chi connectivity index (χ4n) is 0.774. The molecule has 0 fully saturated rings. The van der Waals surface area contributed by atoms with Crippen LogP contribution < -0.4 is 0 Å². The summed E-state index contributed by atoms with van der Waals surface area (Å²) in [5.41, 5.74) is 0. The number of amidine groups is 1. The van der Waals surface area contributed by atoms with Crippen LogP contribution in [0.2, 0.25) is 0 Å². The third-order valence-corrected chi connectivity index (χ3v) is 1.93. The first-order valence-corrected chi connectivity index (χ1v) is 4.59. The molecular formula is C7H12N2O2S. The molecule has 12 heavy (non-hydrogen) atoms. The van der Waals surface area contributed by atoms with Gasteiger partial charge in [0.2, 0.25) is 11.8 Å². The number of thioether (sulfide) groups is 1. The Bertz CT molecular complexity index is 211. The molecule has 0 heterocycles. The second kappa shape index (κ2) is 4.92. The van der Waals surface area contributed by atoms with E-state index >= 15 is 0 Å². The largest absolute Gasteiger partial charge is 0.274 e. The molecule has 4 nitrogen and oxygen atoms in total. The van der Waals surface area contributed by atoms with Crippen LogP contribution in [0, 0.1) is 0 Å². The van der Waals surface area contributed by atoms with E-state index in [9.17, 15) is 9.59 Å². The van der Waals surface area contributed by atoms with Gasteiger partial charge in [0.05, 0.1) is 0 Å². The third-order valence-electron chi connectivity index (χ3n) is 1.19. The molecule has 0 aliphatic carbocycles. The Morgan fingerprint density at radius 3 is 1.75 bits per heavy atom. The first kappa shape index (κ1) is 11.2. The molecule has 0 atom stereocenters. The predicted molar refractivity (Wildman–Crippen MR) is 50.1 cm³/mol. The van der Waals surface area contributed by atoms with E-state index in [1.807, 2.05) is 0 Å². The highest BCUT2D eigenvalue weighted by molar-refractivity contribution is 8.13. The SMILES string of the molecule is C/N=C(\SC)N(C(C)=O)C(C)=O. The molecule has 0 spiro atoms. The van der Waals surface area contributed by atoms with E-state index in [4.69, 9.17) is 0 Å². The first-order chi connectivity index (χ1) is 5.54.